The molecule has 0 fully saturated rings. The predicted octanol–water partition coefficient (Wildman–Crippen LogP) is 4.33. The summed E-state index contributed by atoms with van der Waals surface area (Å²) in [6.07, 6.45) is 0.457. The average Bonchev–Trinajstić information content (AvgIpc) is 2.48. The Kier molecular flexibility index (Phi) is 20.6. The third-order valence-electron chi connectivity index (χ3n) is 1.66. The Bertz CT molecular complexity index is 250. The highest BCUT2D eigenvalue weighted by Crippen LogP contribution is 2.48. The molecule has 134 valence electrons. The Balaban J connectivity index is 0. The van der Waals surface area contributed by atoms with Crippen LogP contribution < -0.4 is 5.73 Å². The van der Waals surface area contributed by atoms with Gasteiger partial charge in [0.25, 0.3) is 0 Å². The summed E-state index contributed by atoms with van der Waals surface area (Å²) in [6.45, 7) is 10.0. The molecule has 0 aromatic rings. The molecule has 0 spiro atoms. The van der Waals surface area contributed by atoms with Crippen molar-refractivity contribution < 1.29 is 22.8 Å². The Labute approximate surface area is 149 Å². The summed E-state index contributed by atoms with van der Waals surface area (Å²) in [6, 6.07) is 0. The molecule has 0 heterocycles. The van der Waals surface area contributed by atoms with Gasteiger partial charge in [0, 0.05) is 25.6 Å². The van der Waals surface area contributed by atoms with Crippen LogP contribution in [0.2, 0.25) is 0 Å². The highest BCUT2D eigenvalue weighted by atomic mass is 33.7. The first kappa shape index (κ1) is 25.0. The van der Waals surface area contributed by atoms with E-state index in [1.165, 1.54) is 19.3 Å². The lowest BCUT2D eigenvalue weighted by molar-refractivity contribution is 0.0971. The highest BCUT2D eigenvalue weighted by molar-refractivity contribution is 9.28. The van der Waals surface area contributed by atoms with E-state index >= 15 is 0 Å². The van der Waals surface area contributed by atoms with Gasteiger partial charge >= 0.3 is 14.0 Å². The van der Waals surface area contributed by atoms with Gasteiger partial charge in [-0.05, 0) is 57.1 Å². The molecule has 0 aliphatic carbocycles. The molecule has 0 rings (SSSR count). The second kappa shape index (κ2) is 18.1. The molecule has 1 amide bonds. The Hall–Kier alpha value is 0.767. The monoisotopic (exact) mass is 409 g/mol. The number of hydrogen-bond acceptors (Lipinski definition) is 9. The molecular weight excluding hydrogens is 382 g/mol. The van der Waals surface area contributed by atoms with E-state index in [-0.39, 0.29) is 0 Å². The van der Waals surface area contributed by atoms with Gasteiger partial charge in [0.05, 0.1) is 7.11 Å². The van der Waals surface area contributed by atoms with Gasteiger partial charge < -0.3 is 23.7 Å². The fraction of sp³-hybridized carbons (Fsp3) is 0.909. The first-order valence-corrected chi connectivity index (χ1v) is 14.3. The van der Waals surface area contributed by atoms with Crippen molar-refractivity contribution in [3.05, 3.63) is 0 Å². The smallest absolute Gasteiger partial charge is 0.453 e. The van der Waals surface area contributed by atoms with E-state index in [2.05, 4.69) is 17.4 Å². The standard InChI is InChI=1S/C9H22O3S4Si.C2H5NO2/c1-5-9-13-14-15-16-17(10-6-2,11-7-3)12-8-4;1-5-2(3)4/h5-9H2,1-4H3;1H3,(H2,3,4). The average molecular weight is 410 g/mol. The van der Waals surface area contributed by atoms with Gasteiger partial charge in [0.1, 0.15) is 0 Å². The third kappa shape index (κ3) is 15.7. The Morgan fingerprint density at radius 1 is 1.00 bits per heavy atom. The number of ether oxygens (including phenoxy) is 1. The van der Waals surface area contributed by atoms with E-state index in [0.717, 1.165) is 0 Å². The van der Waals surface area contributed by atoms with E-state index in [1.807, 2.05) is 31.6 Å². The number of rotatable bonds is 12. The molecular formula is C11H27NO5S4Si. The van der Waals surface area contributed by atoms with E-state index in [0.29, 0.717) is 19.8 Å². The molecule has 11 heteroatoms. The van der Waals surface area contributed by atoms with Crippen molar-refractivity contribution in [2.24, 2.45) is 5.73 Å². The van der Waals surface area contributed by atoms with Crippen LogP contribution in [0.15, 0.2) is 0 Å². The second-order valence-corrected chi connectivity index (χ2v) is 13.8. The van der Waals surface area contributed by atoms with E-state index in [9.17, 15) is 4.79 Å². The molecule has 0 aromatic carbocycles. The molecule has 0 saturated heterocycles. The number of carbonyl (C=O) groups is 1. The van der Waals surface area contributed by atoms with Crippen molar-refractivity contribution in [3.8, 4) is 0 Å². The summed E-state index contributed by atoms with van der Waals surface area (Å²) in [4.78, 5) is 9.37. The van der Waals surface area contributed by atoms with Gasteiger partial charge in [-0.1, -0.05) is 17.7 Å². The van der Waals surface area contributed by atoms with Crippen molar-refractivity contribution in [2.45, 2.75) is 34.1 Å². The second-order valence-electron chi connectivity index (χ2n) is 3.36. The van der Waals surface area contributed by atoms with E-state index in [4.69, 9.17) is 13.3 Å². The molecule has 0 radical (unpaired) electrons. The Morgan fingerprint density at radius 2 is 1.45 bits per heavy atom. The molecule has 0 aliphatic rings. The van der Waals surface area contributed by atoms with Gasteiger partial charge in [0.15, 0.2) is 0 Å². The molecule has 0 unspecified atom stereocenters. The molecule has 0 aliphatic heterocycles. The maximum absolute atomic E-state index is 9.37. The SMILES string of the molecule is CCCSSSS[Si](OCC)(OCC)OCC.COC(N)=O. The summed E-state index contributed by atoms with van der Waals surface area (Å²) in [5.74, 6) is 1.17. The van der Waals surface area contributed by atoms with Gasteiger partial charge in [-0.3, -0.25) is 0 Å². The lowest BCUT2D eigenvalue weighted by Gasteiger charge is -2.25. The topological polar surface area (TPSA) is 80.0 Å². The van der Waals surface area contributed by atoms with Gasteiger partial charge in [0.2, 0.25) is 0 Å². The third-order valence-corrected chi connectivity index (χ3v) is 14.6. The molecule has 0 atom stereocenters. The summed E-state index contributed by atoms with van der Waals surface area (Å²) in [5.41, 5.74) is 4.43. The first-order chi connectivity index (χ1) is 10.5. The zero-order chi connectivity index (χ0) is 17.3. The number of hydrogen-bond donors (Lipinski definition) is 1. The first-order valence-electron chi connectivity index (χ1n) is 6.90. The van der Waals surface area contributed by atoms with Crippen molar-refractivity contribution >= 4 is 54.7 Å². The summed E-state index contributed by atoms with van der Waals surface area (Å²) in [5, 5.41) is 0. The zero-order valence-electron chi connectivity index (χ0n) is 13.8. The van der Waals surface area contributed by atoms with Gasteiger partial charge in [-0.15, -0.1) is 0 Å². The molecule has 6 nitrogen and oxygen atoms in total. The summed E-state index contributed by atoms with van der Waals surface area (Å²) < 4.78 is 21.1. The van der Waals surface area contributed by atoms with Gasteiger partial charge in [-0.25, -0.2) is 4.79 Å². The Morgan fingerprint density at radius 3 is 1.77 bits per heavy atom. The number of amides is 1. The highest BCUT2D eigenvalue weighted by Gasteiger charge is 2.43. The van der Waals surface area contributed by atoms with E-state index in [1.54, 1.807) is 29.9 Å². The minimum absolute atomic E-state index is 0.631. The fourth-order valence-electron chi connectivity index (χ4n) is 0.920. The predicted molar refractivity (Wildman–Crippen MR) is 103 cm³/mol. The van der Waals surface area contributed by atoms with Crippen molar-refractivity contribution in [1.82, 2.24) is 0 Å². The van der Waals surface area contributed by atoms with Gasteiger partial charge in [-0.2, -0.15) is 0 Å². The lowest BCUT2D eigenvalue weighted by atomic mass is 10.6. The molecule has 0 aromatic heterocycles. The van der Waals surface area contributed by atoms with Crippen LogP contribution in [0.25, 0.3) is 0 Å². The largest absolute Gasteiger partial charge is 0.585 e. The van der Waals surface area contributed by atoms with Crippen molar-refractivity contribution in [3.63, 3.8) is 0 Å². The number of methoxy groups -OCH3 is 1. The summed E-state index contributed by atoms with van der Waals surface area (Å²) >= 11 is 0. The quantitative estimate of drug-likeness (QED) is 0.288. The van der Waals surface area contributed by atoms with Crippen LogP contribution in [-0.2, 0) is 18.0 Å². The zero-order valence-corrected chi connectivity index (χ0v) is 18.1. The van der Waals surface area contributed by atoms with Crippen LogP contribution in [-0.4, -0.2) is 46.7 Å². The molecule has 22 heavy (non-hydrogen) atoms. The normalized spacial score (nSPS) is 10.8. The molecule has 0 bridgehead atoms. The van der Waals surface area contributed by atoms with Crippen LogP contribution in [0, 0.1) is 0 Å². The number of nitrogens with two attached hydrogens (primary N) is 1. The van der Waals surface area contributed by atoms with Crippen LogP contribution >= 0.6 is 40.7 Å². The van der Waals surface area contributed by atoms with Crippen molar-refractivity contribution in [1.29, 1.82) is 0 Å². The van der Waals surface area contributed by atoms with Crippen LogP contribution in [0.4, 0.5) is 4.79 Å². The fourth-order valence-corrected chi connectivity index (χ4v) is 15.0. The molecule has 0 saturated carbocycles. The van der Waals surface area contributed by atoms with Crippen LogP contribution in [0.5, 0.6) is 0 Å². The minimum atomic E-state index is -2.51. The van der Waals surface area contributed by atoms with E-state index < -0.39 is 14.0 Å². The summed E-state index contributed by atoms with van der Waals surface area (Å²) in [7, 11) is 5.68. The maximum Gasteiger partial charge on any atom is 0.585 e. The maximum atomic E-state index is 9.37. The van der Waals surface area contributed by atoms with Crippen LogP contribution in [0.3, 0.4) is 0 Å². The lowest BCUT2D eigenvalue weighted by Crippen LogP contribution is -2.42. The van der Waals surface area contributed by atoms with Crippen LogP contribution in [0.1, 0.15) is 34.1 Å². The number of carbonyl (C=O) groups excluding carboxylic acids is 1. The minimum Gasteiger partial charge on any atom is -0.453 e. The van der Waals surface area contributed by atoms with Crippen molar-refractivity contribution in [2.75, 3.05) is 32.7 Å². The number of primary amides is 1. The molecule has 2 N–H and O–H groups in total.